The minimum absolute atomic E-state index is 0.564. The van der Waals surface area contributed by atoms with Gasteiger partial charge in [-0.15, -0.1) is 0 Å². The molecule has 120 valence electrons. The molecule has 1 fully saturated rings. The highest BCUT2D eigenvalue weighted by Gasteiger charge is 2.11. The Morgan fingerprint density at radius 2 is 1.65 bits per heavy atom. The van der Waals surface area contributed by atoms with Gasteiger partial charge in [-0.25, -0.2) is 4.99 Å². The van der Waals surface area contributed by atoms with Gasteiger partial charge in [0.2, 0.25) is 0 Å². The van der Waals surface area contributed by atoms with E-state index in [0.717, 1.165) is 30.2 Å². The second-order valence-electron chi connectivity index (χ2n) is 5.33. The van der Waals surface area contributed by atoms with E-state index in [1.807, 2.05) is 54.6 Å². The number of benzene rings is 2. The number of hydrogen-bond acceptors (Lipinski definition) is 3. The van der Waals surface area contributed by atoms with Crippen LogP contribution in [0.2, 0.25) is 0 Å². The molecule has 0 atom stereocenters. The zero-order valence-corrected chi connectivity index (χ0v) is 13.0. The van der Waals surface area contributed by atoms with Gasteiger partial charge in [-0.3, -0.25) is 0 Å². The van der Waals surface area contributed by atoms with Gasteiger partial charge < -0.3 is 20.1 Å². The van der Waals surface area contributed by atoms with E-state index in [0.29, 0.717) is 25.7 Å². The predicted molar refractivity (Wildman–Crippen MR) is 90.7 cm³/mol. The quantitative estimate of drug-likeness (QED) is 0.696. The Balaban J connectivity index is 1.57. The van der Waals surface area contributed by atoms with Gasteiger partial charge in [-0.2, -0.15) is 0 Å². The van der Waals surface area contributed by atoms with Crippen molar-refractivity contribution in [1.29, 1.82) is 0 Å². The molecule has 5 heteroatoms. The fourth-order valence-corrected chi connectivity index (χ4v) is 2.35. The zero-order chi connectivity index (χ0) is 15.9. The first kappa shape index (κ1) is 15.4. The van der Waals surface area contributed by atoms with E-state index in [-0.39, 0.29) is 0 Å². The van der Waals surface area contributed by atoms with Gasteiger partial charge in [0.1, 0.15) is 11.5 Å². The highest BCUT2D eigenvalue weighted by atomic mass is 16.5. The number of nitrogens with zero attached hydrogens (tertiary/aromatic N) is 2. The lowest BCUT2D eigenvalue weighted by Gasteiger charge is -2.27. The Hall–Kier alpha value is -2.53. The van der Waals surface area contributed by atoms with Crippen LogP contribution >= 0.6 is 0 Å². The van der Waals surface area contributed by atoms with Crippen LogP contribution in [-0.4, -0.2) is 37.2 Å². The Kier molecular flexibility index (Phi) is 5.11. The number of morpholine rings is 1. The summed E-state index contributed by atoms with van der Waals surface area (Å²) < 4.78 is 11.1. The van der Waals surface area contributed by atoms with Gasteiger partial charge in [0, 0.05) is 13.1 Å². The monoisotopic (exact) mass is 311 g/mol. The molecule has 0 aromatic heterocycles. The maximum absolute atomic E-state index is 6.02. The Bertz CT molecular complexity index is 635. The Morgan fingerprint density at radius 3 is 2.35 bits per heavy atom. The molecule has 0 amide bonds. The van der Waals surface area contributed by atoms with E-state index in [4.69, 9.17) is 15.2 Å². The summed E-state index contributed by atoms with van der Waals surface area (Å²) in [6.07, 6.45) is 0. The molecule has 23 heavy (non-hydrogen) atoms. The van der Waals surface area contributed by atoms with Crippen molar-refractivity contribution in [1.82, 2.24) is 4.90 Å². The molecule has 2 aromatic rings. The maximum Gasteiger partial charge on any atom is 0.191 e. The average Bonchev–Trinajstić information content (AvgIpc) is 2.62. The summed E-state index contributed by atoms with van der Waals surface area (Å²) in [5, 5.41) is 0. The number of aliphatic imine (C=N–C) groups is 1. The smallest absolute Gasteiger partial charge is 0.191 e. The summed E-state index contributed by atoms with van der Waals surface area (Å²) in [7, 11) is 0. The first-order valence-corrected chi connectivity index (χ1v) is 7.76. The molecule has 0 aliphatic carbocycles. The molecule has 1 saturated heterocycles. The highest BCUT2D eigenvalue weighted by molar-refractivity contribution is 5.78. The Morgan fingerprint density at radius 1 is 1.00 bits per heavy atom. The van der Waals surface area contributed by atoms with Crippen LogP contribution in [0.15, 0.2) is 59.6 Å². The number of para-hydroxylation sites is 1. The molecule has 0 spiro atoms. The molecule has 1 aliphatic heterocycles. The van der Waals surface area contributed by atoms with E-state index in [1.54, 1.807) is 0 Å². The van der Waals surface area contributed by atoms with Crippen LogP contribution in [0, 0.1) is 0 Å². The first-order chi connectivity index (χ1) is 11.3. The van der Waals surface area contributed by atoms with Crippen molar-refractivity contribution >= 4 is 5.96 Å². The molecule has 2 aromatic carbocycles. The molecule has 3 rings (SSSR count). The van der Waals surface area contributed by atoms with Gasteiger partial charge in [0.15, 0.2) is 5.96 Å². The van der Waals surface area contributed by atoms with Gasteiger partial charge in [0.25, 0.3) is 0 Å². The summed E-state index contributed by atoms with van der Waals surface area (Å²) >= 11 is 0. The normalized spacial score (nSPS) is 15.5. The van der Waals surface area contributed by atoms with E-state index in [9.17, 15) is 0 Å². The molecule has 1 heterocycles. The van der Waals surface area contributed by atoms with Crippen LogP contribution in [0.1, 0.15) is 5.56 Å². The van der Waals surface area contributed by atoms with Crippen molar-refractivity contribution in [2.45, 2.75) is 6.54 Å². The number of guanidine groups is 1. The largest absolute Gasteiger partial charge is 0.457 e. The van der Waals surface area contributed by atoms with E-state index >= 15 is 0 Å². The van der Waals surface area contributed by atoms with Crippen molar-refractivity contribution in [2.75, 3.05) is 26.3 Å². The second kappa shape index (κ2) is 7.65. The summed E-state index contributed by atoms with van der Waals surface area (Å²) in [4.78, 5) is 6.51. The van der Waals surface area contributed by atoms with Gasteiger partial charge in [-0.05, 0) is 29.8 Å². The molecule has 0 bridgehead atoms. The molecule has 0 unspecified atom stereocenters. The van der Waals surface area contributed by atoms with Crippen LogP contribution in [-0.2, 0) is 11.3 Å². The molecular formula is C18H21N3O2. The molecular weight excluding hydrogens is 290 g/mol. The fourth-order valence-electron chi connectivity index (χ4n) is 2.35. The Labute approximate surface area is 136 Å². The van der Waals surface area contributed by atoms with Crippen LogP contribution < -0.4 is 10.5 Å². The summed E-state index contributed by atoms with van der Waals surface area (Å²) in [6, 6.07) is 17.6. The average molecular weight is 311 g/mol. The second-order valence-corrected chi connectivity index (χ2v) is 5.33. The minimum Gasteiger partial charge on any atom is -0.457 e. The maximum atomic E-state index is 6.02. The van der Waals surface area contributed by atoms with Crippen molar-refractivity contribution in [3.63, 3.8) is 0 Å². The number of hydrogen-bond donors (Lipinski definition) is 1. The fraction of sp³-hybridized carbons (Fsp3) is 0.278. The van der Waals surface area contributed by atoms with Crippen LogP contribution in [0.5, 0.6) is 11.5 Å². The third kappa shape index (κ3) is 4.47. The number of nitrogens with two attached hydrogens (primary N) is 1. The number of rotatable bonds is 4. The molecule has 2 N–H and O–H groups in total. The highest BCUT2D eigenvalue weighted by Crippen LogP contribution is 2.21. The summed E-state index contributed by atoms with van der Waals surface area (Å²) in [5.41, 5.74) is 7.12. The lowest BCUT2D eigenvalue weighted by atomic mass is 10.2. The van der Waals surface area contributed by atoms with Crippen LogP contribution in [0.25, 0.3) is 0 Å². The molecule has 0 radical (unpaired) electrons. The van der Waals surface area contributed by atoms with Crippen LogP contribution in [0.3, 0.4) is 0 Å². The SMILES string of the molecule is NC(=NCc1ccc(Oc2ccccc2)cc1)N1CCOCC1. The van der Waals surface area contributed by atoms with Crippen molar-refractivity contribution in [3.05, 3.63) is 60.2 Å². The molecule has 0 saturated carbocycles. The van der Waals surface area contributed by atoms with Crippen molar-refractivity contribution in [2.24, 2.45) is 10.7 Å². The van der Waals surface area contributed by atoms with Crippen molar-refractivity contribution < 1.29 is 9.47 Å². The third-order valence-electron chi connectivity index (χ3n) is 3.66. The van der Waals surface area contributed by atoms with E-state index < -0.39 is 0 Å². The predicted octanol–water partition coefficient (Wildman–Crippen LogP) is 2.63. The minimum atomic E-state index is 0.564. The lowest BCUT2D eigenvalue weighted by molar-refractivity contribution is 0.0674. The number of ether oxygens (including phenoxy) is 2. The van der Waals surface area contributed by atoms with Crippen LogP contribution in [0.4, 0.5) is 0 Å². The summed E-state index contributed by atoms with van der Waals surface area (Å²) in [6.45, 7) is 3.59. The molecule has 5 nitrogen and oxygen atoms in total. The first-order valence-electron chi connectivity index (χ1n) is 7.76. The van der Waals surface area contributed by atoms with Gasteiger partial charge in [0.05, 0.1) is 19.8 Å². The third-order valence-corrected chi connectivity index (χ3v) is 3.66. The van der Waals surface area contributed by atoms with Gasteiger partial charge in [-0.1, -0.05) is 30.3 Å². The van der Waals surface area contributed by atoms with E-state index in [2.05, 4.69) is 9.89 Å². The topological polar surface area (TPSA) is 60.1 Å². The summed E-state index contributed by atoms with van der Waals surface area (Å²) in [5.74, 6) is 2.22. The lowest BCUT2D eigenvalue weighted by Crippen LogP contribution is -2.44. The standard InChI is InChI=1S/C18H21N3O2/c19-18(21-10-12-22-13-11-21)20-14-15-6-8-17(9-7-15)23-16-4-2-1-3-5-16/h1-9H,10-14H2,(H2,19,20). The van der Waals surface area contributed by atoms with E-state index in [1.165, 1.54) is 0 Å². The van der Waals surface area contributed by atoms with Crippen molar-refractivity contribution in [3.8, 4) is 11.5 Å². The van der Waals surface area contributed by atoms with Gasteiger partial charge >= 0.3 is 0 Å². The zero-order valence-electron chi connectivity index (χ0n) is 13.0. The molecule has 1 aliphatic rings.